The Kier molecular flexibility index (Phi) is 4.55. The minimum atomic E-state index is -1.07. The Labute approximate surface area is 84.2 Å². The molecule has 1 fully saturated rings. The second-order valence-electron chi connectivity index (χ2n) is 3.00. The predicted octanol–water partition coefficient (Wildman–Crippen LogP) is 0.164. The lowest BCUT2D eigenvalue weighted by molar-refractivity contribution is 0.217. The summed E-state index contributed by atoms with van der Waals surface area (Å²) in [6.07, 6.45) is 1.00. The summed E-state index contributed by atoms with van der Waals surface area (Å²) in [5, 5.41) is 11.4. The van der Waals surface area contributed by atoms with Crippen LogP contribution >= 0.6 is 11.1 Å². The minimum absolute atomic E-state index is 0.0207. The molecular formula is C7H14ClN2O2Si. The number of aliphatic hydroxyl groups is 1. The number of nitrogens with zero attached hydrogens (tertiary/aromatic N) is 1. The third-order valence-electron chi connectivity index (χ3n) is 1.99. The van der Waals surface area contributed by atoms with Crippen LogP contribution in [0.1, 0.15) is 6.42 Å². The first-order chi connectivity index (χ1) is 6.24. The zero-order chi connectivity index (χ0) is 9.68. The van der Waals surface area contributed by atoms with Crippen LogP contribution in [0.3, 0.4) is 0 Å². The minimum Gasteiger partial charge on any atom is -0.398 e. The Morgan fingerprint density at radius 1 is 1.69 bits per heavy atom. The molecule has 1 saturated heterocycles. The number of hydrogen-bond donors (Lipinski definition) is 2. The van der Waals surface area contributed by atoms with E-state index in [-0.39, 0.29) is 12.3 Å². The van der Waals surface area contributed by atoms with E-state index in [4.69, 9.17) is 16.2 Å². The van der Waals surface area contributed by atoms with E-state index in [0.717, 1.165) is 32.1 Å². The van der Waals surface area contributed by atoms with Gasteiger partial charge in [-0.1, -0.05) is 0 Å². The maximum atomic E-state index is 11.1. The average Bonchev–Trinajstić information content (AvgIpc) is 2.52. The number of rotatable bonds is 5. The molecule has 0 saturated carbocycles. The molecule has 0 atom stereocenters. The average molecular weight is 222 g/mol. The fourth-order valence-corrected chi connectivity index (χ4v) is 2.37. The number of amides is 2. The Bertz CT molecular complexity index is 182. The molecule has 0 spiro atoms. The van der Waals surface area contributed by atoms with Crippen LogP contribution in [-0.2, 0) is 0 Å². The number of urea groups is 1. The molecular weight excluding hydrogens is 208 g/mol. The van der Waals surface area contributed by atoms with Gasteiger partial charge < -0.3 is 15.3 Å². The van der Waals surface area contributed by atoms with Crippen LogP contribution in [-0.4, -0.2) is 50.0 Å². The summed E-state index contributed by atoms with van der Waals surface area (Å²) in [5.41, 5.74) is 0. The van der Waals surface area contributed by atoms with Crippen LogP contribution in [0.15, 0.2) is 0 Å². The largest absolute Gasteiger partial charge is 0.398 e. The van der Waals surface area contributed by atoms with Gasteiger partial charge in [0.1, 0.15) is 0 Å². The highest BCUT2D eigenvalue weighted by atomic mass is 35.6. The first-order valence-corrected chi connectivity index (χ1v) is 7.30. The molecule has 0 bridgehead atoms. The van der Waals surface area contributed by atoms with Crippen LogP contribution < -0.4 is 5.32 Å². The van der Waals surface area contributed by atoms with Gasteiger partial charge in [0, 0.05) is 19.6 Å². The lowest BCUT2D eigenvalue weighted by Crippen LogP contribution is -2.29. The molecule has 1 aliphatic rings. The van der Waals surface area contributed by atoms with Crippen LogP contribution in [0.5, 0.6) is 0 Å². The lowest BCUT2D eigenvalue weighted by atomic mass is 10.4. The summed E-state index contributed by atoms with van der Waals surface area (Å²) < 4.78 is 0. The summed E-state index contributed by atoms with van der Waals surface area (Å²) >= 11 is 5.82. The van der Waals surface area contributed by atoms with Gasteiger partial charge in [-0.05, 0) is 12.5 Å². The highest BCUT2D eigenvalue weighted by Crippen LogP contribution is 2.05. The molecule has 13 heavy (non-hydrogen) atoms. The van der Waals surface area contributed by atoms with Crippen molar-refractivity contribution in [2.45, 2.75) is 12.5 Å². The van der Waals surface area contributed by atoms with E-state index in [1.54, 1.807) is 4.90 Å². The standard InChI is InChI=1S/C7H14ClN2O2Si/c8-13(6-11)5-1-3-10-4-2-9-7(10)12/h11H,1-6H2,(H,9,12). The van der Waals surface area contributed by atoms with Crippen molar-refractivity contribution in [2.24, 2.45) is 0 Å². The second kappa shape index (κ2) is 5.46. The lowest BCUT2D eigenvalue weighted by Gasteiger charge is -2.13. The molecule has 0 aromatic rings. The van der Waals surface area contributed by atoms with Crippen LogP contribution in [0.2, 0.25) is 6.04 Å². The number of hydrogen-bond acceptors (Lipinski definition) is 2. The Morgan fingerprint density at radius 3 is 3.00 bits per heavy atom. The van der Waals surface area contributed by atoms with Gasteiger partial charge in [0.2, 0.25) is 0 Å². The predicted molar refractivity (Wildman–Crippen MR) is 53.1 cm³/mol. The van der Waals surface area contributed by atoms with Crippen LogP contribution in [0.25, 0.3) is 0 Å². The monoisotopic (exact) mass is 221 g/mol. The second-order valence-corrected chi connectivity index (χ2v) is 6.45. The summed E-state index contributed by atoms with van der Waals surface area (Å²) in [6, 6.07) is 0.874. The molecule has 2 amide bonds. The van der Waals surface area contributed by atoms with Crippen molar-refractivity contribution in [1.82, 2.24) is 10.2 Å². The first-order valence-electron chi connectivity index (χ1n) is 4.38. The fraction of sp³-hybridized carbons (Fsp3) is 0.857. The summed E-state index contributed by atoms with van der Waals surface area (Å²) in [6.45, 7) is 2.30. The first kappa shape index (κ1) is 10.8. The van der Waals surface area contributed by atoms with Gasteiger partial charge in [-0.3, -0.25) is 0 Å². The number of carbonyl (C=O) groups is 1. The van der Waals surface area contributed by atoms with Gasteiger partial charge in [-0.15, -0.1) is 0 Å². The molecule has 1 rings (SSSR count). The maximum Gasteiger partial charge on any atom is 0.317 e. The van der Waals surface area contributed by atoms with E-state index in [0.29, 0.717) is 0 Å². The molecule has 6 heteroatoms. The van der Waals surface area contributed by atoms with Crippen molar-refractivity contribution in [1.29, 1.82) is 0 Å². The molecule has 0 unspecified atom stereocenters. The Balaban J connectivity index is 2.08. The van der Waals surface area contributed by atoms with E-state index >= 15 is 0 Å². The van der Waals surface area contributed by atoms with Crippen LogP contribution in [0, 0.1) is 0 Å². The molecule has 1 radical (unpaired) electrons. The third-order valence-corrected chi connectivity index (χ3v) is 4.16. The quantitative estimate of drug-likeness (QED) is 0.514. The molecule has 0 aromatic carbocycles. The number of nitrogens with one attached hydrogen (secondary N) is 1. The van der Waals surface area contributed by atoms with Gasteiger partial charge in [0.05, 0.1) is 6.23 Å². The SMILES string of the molecule is O=C1NCCN1CCC[Si](Cl)CO. The summed E-state index contributed by atoms with van der Waals surface area (Å²) in [4.78, 5) is 12.8. The van der Waals surface area contributed by atoms with Crippen molar-refractivity contribution in [3.05, 3.63) is 0 Å². The van der Waals surface area contributed by atoms with Gasteiger partial charge >= 0.3 is 6.03 Å². The summed E-state index contributed by atoms with van der Waals surface area (Å²) in [5.74, 6) is 0. The van der Waals surface area contributed by atoms with Crippen molar-refractivity contribution in [3.8, 4) is 0 Å². The zero-order valence-electron chi connectivity index (χ0n) is 7.42. The molecule has 0 aliphatic carbocycles. The van der Waals surface area contributed by atoms with Crippen LogP contribution in [0.4, 0.5) is 4.79 Å². The van der Waals surface area contributed by atoms with Gasteiger partial charge in [-0.2, -0.15) is 11.1 Å². The fourth-order valence-electron chi connectivity index (χ4n) is 1.27. The normalized spacial score (nSPS) is 16.8. The highest BCUT2D eigenvalue weighted by Gasteiger charge is 2.18. The smallest absolute Gasteiger partial charge is 0.317 e. The van der Waals surface area contributed by atoms with Crippen molar-refractivity contribution < 1.29 is 9.90 Å². The zero-order valence-corrected chi connectivity index (χ0v) is 9.18. The van der Waals surface area contributed by atoms with E-state index in [1.807, 2.05) is 0 Å². The third kappa shape index (κ3) is 3.54. The topological polar surface area (TPSA) is 52.6 Å². The van der Waals surface area contributed by atoms with Crippen molar-refractivity contribution in [3.63, 3.8) is 0 Å². The Morgan fingerprint density at radius 2 is 2.46 bits per heavy atom. The van der Waals surface area contributed by atoms with Crippen molar-refractivity contribution in [2.75, 3.05) is 25.9 Å². The van der Waals surface area contributed by atoms with Crippen molar-refractivity contribution >= 4 is 25.2 Å². The maximum absolute atomic E-state index is 11.1. The summed E-state index contributed by atoms with van der Waals surface area (Å²) in [7, 11) is -1.07. The number of aliphatic hydroxyl groups excluding tert-OH is 1. The molecule has 0 aromatic heterocycles. The number of halogens is 1. The molecule has 1 aliphatic heterocycles. The molecule has 2 N–H and O–H groups in total. The highest BCUT2D eigenvalue weighted by molar-refractivity contribution is 7.06. The van der Waals surface area contributed by atoms with E-state index in [1.165, 1.54) is 0 Å². The van der Waals surface area contributed by atoms with E-state index in [2.05, 4.69) is 5.32 Å². The Hall–Kier alpha value is -0.263. The van der Waals surface area contributed by atoms with Gasteiger partial charge in [0.25, 0.3) is 0 Å². The molecule has 1 heterocycles. The van der Waals surface area contributed by atoms with Gasteiger partial charge in [-0.25, -0.2) is 4.79 Å². The molecule has 75 valence electrons. The van der Waals surface area contributed by atoms with Gasteiger partial charge in [0.15, 0.2) is 8.11 Å². The van der Waals surface area contributed by atoms with E-state index < -0.39 is 8.11 Å². The molecule has 4 nitrogen and oxygen atoms in total. The van der Waals surface area contributed by atoms with E-state index in [9.17, 15) is 4.79 Å². The number of carbonyl (C=O) groups excluding carboxylic acids is 1.